The van der Waals surface area contributed by atoms with Crippen molar-refractivity contribution in [1.29, 1.82) is 0 Å². The fourth-order valence-electron chi connectivity index (χ4n) is 3.91. The van der Waals surface area contributed by atoms with Gasteiger partial charge in [0.05, 0.1) is 29.6 Å². The maximum Gasteiger partial charge on any atom is 0.337 e. The van der Waals surface area contributed by atoms with Gasteiger partial charge in [0.2, 0.25) is 23.6 Å². The van der Waals surface area contributed by atoms with Crippen LogP contribution in [0.25, 0.3) is 0 Å². The molecule has 0 aromatic heterocycles. The van der Waals surface area contributed by atoms with E-state index in [1.807, 2.05) is 136 Å². The van der Waals surface area contributed by atoms with E-state index in [2.05, 4.69) is 21.3 Å². The van der Waals surface area contributed by atoms with Gasteiger partial charge in [-0.1, -0.05) is 6.42 Å². The van der Waals surface area contributed by atoms with E-state index in [1.54, 1.807) is 0 Å². The van der Waals surface area contributed by atoms with Gasteiger partial charge in [0.15, 0.2) is 0 Å². The predicted molar refractivity (Wildman–Crippen MR) is 218 cm³/mol. The largest absolute Gasteiger partial charge is 0.478 e. The first kappa shape index (κ1) is 40.8. The summed E-state index contributed by atoms with van der Waals surface area (Å²) in [7, 11) is 0. The minimum Gasteiger partial charge on any atom is -0.478 e. The number of aromatic carboxylic acids is 2. The lowest BCUT2D eigenvalue weighted by Gasteiger charge is -2.19. The fourth-order valence-corrected chi connectivity index (χ4v) is 12.5. The molecule has 4 amide bonds. The molecule has 0 aliphatic heterocycles. The number of amides is 4. The van der Waals surface area contributed by atoms with Crippen LogP contribution in [0.1, 0.15) is 77.8 Å². The molecule has 2 aromatic carbocycles. The van der Waals surface area contributed by atoms with Crippen molar-refractivity contribution >= 4 is 182 Å². The maximum absolute atomic E-state index is 12.8. The molecule has 0 saturated heterocycles. The topological polar surface area (TPSA) is 191 Å². The molecular weight excluding hydrogens is 1270 g/mol. The number of carboxylic acids is 2. The Morgan fingerprint density at radius 2 is 0.867 bits per heavy atom. The average Bonchev–Trinajstić information content (AvgIpc) is 2.92. The first-order chi connectivity index (χ1) is 21.0. The number of carbonyl (C=O) groups is 6. The molecule has 0 atom stereocenters. The Morgan fingerprint density at radius 3 is 1.16 bits per heavy atom. The van der Waals surface area contributed by atoms with Crippen molar-refractivity contribution in [3.63, 3.8) is 0 Å². The molecule has 0 unspecified atom stereocenters. The molecule has 0 bridgehead atoms. The second-order valence-electron chi connectivity index (χ2n) is 9.43. The number of halogens is 6. The highest BCUT2D eigenvalue weighted by Gasteiger charge is 2.26. The normalized spacial score (nSPS) is 10.7. The van der Waals surface area contributed by atoms with E-state index in [1.165, 1.54) is 13.8 Å². The van der Waals surface area contributed by atoms with Crippen molar-refractivity contribution in [2.24, 2.45) is 0 Å². The molecule has 2 rings (SSSR count). The van der Waals surface area contributed by atoms with E-state index in [0.717, 1.165) is 0 Å². The van der Waals surface area contributed by atoms with Gasteiger partial charge < -0.3 is 31.5 Å². The summed E-state index contributed by atoms with van der Waals surface area (Å²) in [6.45, 7) is 2.95. The van der Waals surface area contributed by atoms with Crippen LogP contribution in [0, 0.1) is 21.4 Å². The second kappa shape index (κ2) is 19.0. The fraction of sp³-hybridized carbons (Fsp3) is 0.333. The summed E-state index contributed by atoms with van der Waals surface area (Å²) in [6, 6.07) is 0. The summed E-state index contributed by atoms with van der Waals surface area (Å²) in [5.74, 6) is -3.44. The van der Waals surface area contributed by atoms with Gasteiger partial charge in [-0.15, -0.1) is 0 Å². The highest BCUT2D eigenvalue weighted by atomic mass is 127. The first-order valence-corrected chi connectivity index (χ1v) is 19.4. The zero-order valence-electron chi connectivity index (χ0n) is 23.6. The Labute approximate surface area is 340 Å². The van der Waals surface area contributed by atoms with E-state index in [9.17, 15) is 39.0 Å². The summed E-state index contributed by atoms with van der Waals surface area (Å²) in [4.78, 5) is 72.5. The van der Waals surface area contributed by atoms with Crippen LogP contribution < -0.4 is 21.3 Å². The van der Waals surface area contributed by atoms with Crippen LogP contribution in [-0.2, 0) is 32.3 Å². The van der Waals surface area contributed by atoms with E-state index >= 15 is 0 Å². The summed E-state index contributed by atoms with van der Waals surface area (Å²) < 4.78 is 3.01. The van der Waals surface area contributed by atoms with Crippen molar-refractivity contribution in [2.75, 3.05) is 10.6 Å². The number of anilines is 2. The van der Waals surface area contributed by atoms with Crippen LogP contribution in [0.2, 0.25) is 0 Å². The summed E-state index contributed by atoms with van der Waals surface area (Å²) in [5, 5.41) is 30.6. The zero-order valence-corrected chi connectivity index (χ0v) is 36.5. The smallest absolute Gasteiger partial charge is 0.337 e. The lowest BCUT2D eigenvalue weighted by molar-refractivity contribution is -0.120. The highest BCUT2D eigenvalue weighted by molar-refractivity contribution is 14.1. The highest BCUT2D eigenvalue weighted by Crippen LogP contribution is 2.37. The molecule has 2 aromatic rings. The molecule has 18 heteroatoms. The third-order valence-electron chi connectivity index (χ3n) is 6.11. The molecule has 0 saturated carbocycles. The van der Waals surface area contributed by atoms with E-state index in [-0.39, 0.29) is 60.7 Å². The number of hydrogen-bond acceptors (Lipinski definition) is 6. The monoisotopic (exact) mass is 1300 g/mol. The van der Waals surface area contributed by atoms with Crippen LogP contribution in [0.4, 0.5) is 11.4 Å². The van der Waals surface area contributed by atoms with Crippen molar-refractivity contribution in [1.82, 2.24) is 10.6 Å². The molecule has 244 valence electrons. The number of benzene rings is 2. The van der Waals surface area contributed by atoms with Gasteiger partial charge in [0, 0.05) is 65.2 Å². The first-order valence-electron chi connectivity index (χ1n) is 12.9. The molecule has 0 radical (unpaired) electrons. The molecule has 0 aliphatic carbocycles. The third kappa shape index (κ3) is 11.4. The maximum atomic E-state index is 12.8. The number of carboxylic acid groups (broad SMARTS) is 2. The molecule has 12 nitrogen and oxygen atoms in total. The number of hydrogen-bond donors (Lipinski definition) is 6. The second-order valence-corrected chi connectivity index (χ2v) is 15.9. The molecule has 0 heterocycles. The standard InChI is InChI=1S/C27H26I6N4O8/c1-10(38)34-8-12-18(28)16(26(42)43)22(32)24(20(12)30)36-14(40)6-4-3-5-7-15(41)37-25-21(31)13(9-35-11(2)39)19(29)17(23(25)33)27(44)45/h3-9H2,1-2H3,(H,34,38)(H,35,39)(H,36,40)(H,37,41)(H,42,43)(H,44,45). The van der Waals surface area contributed by atoms with Gasteiger partial charge in [-0.2, -0.15) is 0 Å². The SMILES string of the molecule is CC(=O)NCc1c(I)c(NC(=O)CCCCCC(=O)Nc2c(I)c(CNC(C)=O)c(I)c(C(=O)O)c2I)c(I)c(C(=O)O)c1I. The number of unbranched alkanes of at least 4 members (excludes halogenated alkanes) is 2. The van der Waals surface area contributed by atoms with Crippen LogP contribution in [-0.4, -0.2) is 45.8 Å². The van der Waals surface area contributed by atoms with Crippen LogP contribution in [0.3, 0.4) is 0 Å². The lowest BCUT2D eigenvalue weighted by atomic mass is 10.1. The Bertz CT molecular complexity index is 1450. The summed E-state index contributed by atoms with van der Waals surface area (Å²) in [6.07, 6.45) is 1.80. The van der Waals surface area contributed by atoms with E-state index < -0.39 is 11.9 Å². The molecule has 0 spiro atoms. The van der Waals surface area contributed by atoms with Crippen molar-refractivity contribution in [3.05, 3.63) is 43.7 Å². The van der Waals surface area contributed by atoms with Crippen LogP contribution in [0.5, 0.6) is 0 Å². The van der Waals surface area contributed by atoms with Gasteiger partial charge in [-0.3, -0.25) is 19.2 Å². The van der Waals surface area contributed by atoms with Crippen molar-refractivity contribution in [3.8, 4) is 0 Å². The Kier molecular flexibility index (Phi) is 17.2. The molecule has 45 heavy (non-hydrogen) atoms. The minimum absolute atomic E-state index is 0.0495. The zero-order chi connectivity index (χ0) is 34.2. The predicted octanol–water partition coefficient (Wildman–Crippen LogP) is 6.51. The number of nitrogens with one attached hydrogen (secondary N) is 4. The van der Waals surface area contributed by atoms with Crippen molar-refractivity contribution < 1.29 is 39.0 Å². The minimum atomic E-state index is -1.14. The van der Waals surface area contributed by atoms with E-state index in [4.69, 9.17) is 0 Å². The van der Waals surface area contributed by atoms with Crippen LogP contribution >= 0.6 is 136 Å². The summed E-state index contributed by atoms with van der Waals surface area (Å²) >= 11 is 11.7. The van der Waals surface area contributed by atoms with E-state index in [0.29, 0.717) is 63.2 Å². The lowest BCUT2D eigenvalue weighted by Crippen LogP contribution is -2.23. The van der Waals surface area contributed by atoms with Gasteiger partial charge in [0.1, 0.15) is 0 Å². The Balaban J connectivity index is 2.05. The van der Waals surface area contributed by atoms with Gasteiger partial charge in [-0.05, 0) is 148 Å². The molecule has 0 fully saturated rings. The van der Waals surface area contributed by atoms with Gasteiger partial charge in [0.25, 0.3) is 0 Å². The quantitative estimate of drug-likeness (QED) is 0.0912. The van der Waals surface area contributed by atoms with Gasteiger partial charge in [-0.25, -0.2) is 9.59 Å². The number of carbonyl (C=O) groups excluding carboxylic acids is 4. The Morgan fingerprint density at radius 1 is 0.533 bits per heavy atom. The van der Waals surface area contributed by atoms with Crippen LogP contribution in [0.15, 0.2) is 0 Å². The molecule has 0 aliphatic rings. The van der Waals surface area contributed by atoms with Gasteiger partial charge >= 0.3 is 11.9 Å². The Hall–Kier alpha value is -0.360. The van der Waals surface area contributed by atoms with Crippen molar-refractivity contribution in [2.45, 2.75) is 59.0 Å². The molecule has 6 N–H and O–H groups in total. The summed E-state index contributed by atoms with van der Waals surface area (Å²) in [5.41, 5.74) is 2.04. The number of rotatable bonds is 14. The third-order valence-corrected chi connectivity index (χ3v) is 13.0. The molecular formula is C27H26I6N4O8. The average molecular weight is 1300 g/mol.